The molecule has 0 aliphatic carbocycles. The zero-order chi connectivity index (χ0) is 9.64. The van der Waals surface area contributed by atoms with Crippen LogP contribution < -0.4 is 5.32 Å². The summed E-state index contributed by atoms with van der Waals surface area (Å²) in [4.78, 5) is 0. The second-order valence-corrected chi connectivity index (χ2v) is 3.61. The van der Waals surface area contributed by atoms with Gasteiger partial charge in [0.25, 0.3) is 0 Å². The number of piperidine rings is 1. The molecule has 1 unspecified atom stereocenters. The molecular formula is C10H17N3O. The van der Waals surface area contributed by atoms with Gasteiger partial charge in [-0.05, 0) is 25.5 Å². The van der Waals surface area contributed by atoms with Gasteiger partial charge >= 0.3 is 0 Å². The largest absolute Gasteiger partial charge is 0.375 e. The Morgan fingerprint density at radius 3 is 3.29 bits per heavy atom. The van der Waals surface area contributed by atoms with Crippen molar-refractivity contribution in [3.8, 4) is 0 Å². The summed E-state index contributed by atoms with van der Waals surface area (Å²) in [6.45, 7) is 3.75. The predicted octanol–water partition coefficient (Wildman–Crippen LogP) is 0.652. The van der Waals surface area contributed by atoms with Crippen molar-refractivity contribution in [2.75, 3.05) is 19.7 Å². The van der Waals surface area contributed by atoms with Crippen LogP contribution in [-0.2, 0) is 11.3 Å². The summed E-state index contributed by atoms with van der Waals surface area (Å²) in [5, 5.41) is 7.45. The number of ether oxygens (including phenoxy) is 1. The normalized spacial score (nSPS) is 22.4. The quantitative estimate of drug-likeness (QED) is 0.766. The zero-order valence-electron chi connectivity index (χ0n) is 8.35. The minimum atomic E-state index is 0.402. The van der Waals surface area contributed by atoms with Crippen molar-refractivity contribution < 1.29 is 4.74 Å². The standard InChI is InChI=1S/C10H17N3O/c1-3-10(9-11-4-1)14-8-7-13-6-2-5-12-13/h2,5-6,10-11H,1,3-4,7-9H2. The average Bonchev–Trinajstić information content (AvgIpc) is 2.72. The molecule has 1 aromatic rings. The number of hydrogen-bond donors (Lipinski definition) is 1. The van der Waals surface area contributed by atoms with Gasteiger partial charge in [-0.25, -0.2) is 0 Å². The monoisotopic (exact) mass is 195 g/mol. The molecule has 0 spiro atoms. The van der Waals surface area contributed by atoms with Gasteiger partial charge < -0.3 is 10.1 Å². The van der Waals surface area contributed by atoms with Crippen LogP contribution in [0.4, 0.5) is 0 Å². The Labute approximate surface area is 84.3 Å². The third-order valence-corrected chi connectivity index (χ3v) is 2.48. The van der Waals surface area contributed by atoms with E-state index in [-0.39, 0.29) is 0 Å². The SMILES string of the molecule is c1cnn(CCOC2CCCNC2)c1. The van der Waals surface area contributed by atoms with E-state index in [1.54, 1.807) is 6.20 Å². The predicted molar refractivity (Wildman–Crippen MR) is 54.1 cm³/mol. The van der Waals surface area contributed by atoms with Crippen molar-refractivity contribution in [1.82, 2.24) is 15.1 Å². The van der Waals surface area contributed by atoms with Gasteiger partial charge in [-0.15, -0.1) is 0 Å². The molecule has 14 heavy (non-hydrogen) atoms. The number of hydrogen-bond acceptors (Lipinski definition) is 3. The van der Waals surface area contributed by atoms with Crippen LogP contribution in [-0.4, -0.2) is 35.6 Å². The lowest BCUT2D eigenvalue weighted by Gasteiger charge is -2.22. The van der Waals surface area contributed by atoms with Crippen molar-refractivity contribution in [3.05, 3.63) is 18.5 Å². The third kappa shape index (κ3) is 2.82. The molecule has 2 heterocycles. The van der Waals surface area contributed by atoms with Crippen LogP contribution in [0, 0.1) is 0 Å². The molecule has 1 aliphatic heterocycles. The Morgan fingerprint density at radius 1 is 1.57 bits per heavy atom. The first-order chi connectivity index (χ1) is 6.95. The average molecular weight is 195 g/mol. The van der Waals surface area contributed by atoms with Gasteiger partial charge in [0.1, 0.15) is 0 Å². The van der Waals surface area contributed by atoms with Crippen molar-refractivity contribution in [1.29, 1.82) is 0 Å². The summed E-state index contributed by atoms with van der Waals surface area (Å²) >= 11 is 0. The minimum Gasteiger partial charge on any atom is -0.375 e. The molecule has 4 nitrogen and oxygen atoms in total. The highest BCUT2D eigenvalue weighted by Gasteiger charge is 2.12. The summed E-state index contributed by atoms with van der Waals surface area (Å²) in [7, 11) is 0. The van der Waals surface area contributed by atoms with E-state index in [2.05, 4.69) is 10.4 Å². The van der Waals surface area contributed by atoms with Crippen LogP contribution in [0.5, 0.6) is 0 Å². The lowest BCUT2D eigenvalue weighted by molar-refractivity contribution is 0.0312. The van der Waals surface area contributed by atoms with E-state index in [9.17, 15) is 0 Å². The van der Waals surface area contributed by atoms with E-state index in [4.69, 9.17) is 4.74 Å². The fourth-order valence-corrected chi connectivity index (χ4v) is 1.71. The van der Waals surface area contributed by atoms with Gasteiger partial charge in [0.05, 0.1) is 19.3 Å². The molecule has 0 radical (unpaired) electrons. The molecule has 1 aliphatic rings. The molecule has 1 aromatic heterocycles. The molecular weight excluding hydrogens is 178 g/mol. The number of rotatable bonds is 4. The van der Waals surface area contributed by atoms with E-state index in [1.165, 1.54) is 12.8 Å². The van der Waals surface area contributed by atoms with Crippen LogP contribution in [0.1, 0.15) is 12.8 Å². The van der Waals surface area contributed by atoms with Crippen LogP contribution >= 0.6 is 0 Å². The summed E-state index contributed by atoms with van der Waals surface area (Å²) in [5.74, 6) is 0. The Balaban J connectivity index is 1.62. The highest BCUT2D eigenvalue weighted by atomic mass is 16.5. The highest BCUT2D eigenvalue weighted by Crippen LogP contribution is 2.05. The lowest BCUT2D eigenvalue weighted by Crippen LogP contribution is -2.35. The van der Waals surface area contributed by atoms with Gasteiger partial charge in [-0.2, -0.15) is 5.10 Å². The maximum absolute atomic E-state index is 5.73. The zero-order valence-corrected chi connectivity index (χ0v) is 8.35. The van der Waals surface area contributed by atoms with Gasteiger partial charge in [0.15, 0.2) is 0 Å². The Bertz CT molecular complexity index is 242. The van der Waals surface area contributed by atoms with Crippen molar-refractivity contribution >= 4 is 0 Å². The van der Waals surface area contributed by atoms with E-state index in [1.807, 2.05) is 16.9 Å². The Kier molecular flexibility index (Phi) is 3.54. The first kappa shape index (κ1) is 9.68. The summed E-state index contributed by atoms with van der Waals surface area (Å²) < 4.78 is 7.63. The molecule has 0 aromatic carbocycles. The molecule has 0 amide bonds. The first-order valence-electron chi connectivity index (χ1n) is 5.25. The van der Waals surface area contributed by atoms with Gasteiger partial charge in [-0.1, -0.05) is 0 Å². The molecule has 78 valence electrons. The van der Waals surface area contributed by atoms with E-state index in [0.29, 0.717) is 6.10 Å². The highest BCUT2D eigenvalue weighted by molar-refractivity contribution is 4.77. The van der Waals surface area contributed by atoms with Crippen molar-refractivity contribution in [3.63, 3.8) is 0 Å². The molecule has 0 saturated carbocycles. The molecule has 1 N–H and O–H groups in total. The number of nitrogens with zero attached hydrogens (tertiary/aromatic N) is 2. The Hall–Kier alpha value is -0.870. The topological polar surface area (TPSA) is 39.1 Å². The summed E-state index contributed by atoms with van der Waals surface area (Å²) in [6, 6.07) is 1.93. The van der Waals surface area contributed by atoms with Crippen LogP contribution in [0.15, 0.2) is 18.5 Å². The Morgan fingerprint density at radius 2 is 2.57 bits per heavy atom. The number of aromatic nitrogens is 2. The fourth-order valence-electron chi connectivity index (χ4n) is 1.71. The third-order valence-electron chi connectivity index (χ3n) is 2.48. The summed E-state index contributed by atoms with van der Waals surface area (Å²) in [6.07, 6.45) is 6.57. The molecule has 1 saturated heterocycles. The van der Waals surface area contributed by atoms with E-state index < -0.39 is 0 Å². The molecule has 1 atom stereocenters. The lowest BCUT2D eigenvalue weighted by atomic mass is 10.1. The van der Waals surface area contributed by atoms with Crippen molar-refractivity contribution in [2.24, 2.45) is 0 Å². The molecule has 0 bridgehead atoms. The second-order valence-electron chi connectivity index (χ2n) is 3.61. The maximum atomic E-state index is 5.73. The molecule has 1 fully saturated rings. The van der Waals surface area contributed by atoms with Crippen molar-refractivity contribution in [2.45, 2.75) is 25.5 Å². The van der Waals surface area contributed by atoms with Gasteiger partial charge in [0.2, 0.25) is 0 Å². The molecule has 4 heteroatoms. The minimum absolute atomic E-state index is 0.402. The van der Waals surface area contributed by atoms with Crippen LogP contribution in [0.3, 0.4) is 0 Å². The van der Waals surface area contributed by atoms with E-state index in [0.717, 1.165) is 26.2 Å². The fraction of sp³-hybridized carbons (Fsp3) is 0.700. The summed E-state index contributed by atoms with van der Waals surface area (Å²) in [5.41, 5.74) is 0. The maximum Gasteiger partial charge on any atom is 0.0700 e. The smallest absolute Gasteiger partial charge is 0.0700 e. The van der Waals surface area contributed by atoms with Gasteiger partial charge in [0, 0.05) is 18.9 Å². The second kappa shape index (κ2) is 5.12. The van der Waals surface area contributed by atoms with Crippen LogP contribution in [0.25, 0.3) is 0 Å². The number of nitrogens with one attached hydrogen (secondary N) is 1. The molecule has 2 rings (SSSR count). The van der Waals surface area contributed by atoms with Crippen LogP contribution in [0.2, 0.25) is 0 Å². The van der Waals surface area contributed by atoms with Gasteiger partial charge in [-0.3, -0.25) is 4.68 Å². The van der Waals surface area contributed by atoms with E-state index >= 15 is 0 Å². The first-order valence-corrected chi connectivity index (χ1v) is 5.25.